The number of likely N-dealkylation sites (tertiary alicyclic amines) is 1. The van der Waals surface area contributed by atoms with Gasteiger partial charge in [-0.2, -0.15) is 31.6 Å². The zero-order valence-electron chi connectivity index (χ0n) is 16.5. The molecule has 1 amide bonds. The van der Waals surface area contributed by atoms with Gasteiger partial charge in [-0.1, -0.05) is 0 Å². The lowest BCUT2D eigenvalue weighted by molar-refractivity contribution is -0.185. The van der Waals surface area contributed by atoms with E-state index in [4.69, 9.17) is 10.00 Å². The molecule has 1 saturated heterocycles. The summed E-state index contributed by atoms with van der Waals surface area (Å²) >= 11 is 0. The molecule has 1 atom stereocenters. The van der Waals surface area contributed by atoms with Gasteiger partial charge in [0.25, 0.3) is 0 Å². The first-order valence-electron chi connectivity index (χ1n) is 9.98. The highest BCUT2D eigenvalue weighted by Crippen LogP contribution is 2.40. The summed E-state index contributed by atoms with van der Waals surface area (Å²) in [5.74, 6) is -2.44. The maximum atomic E-state index is 12.9. The van der Waals surface area contributed by atoms with Crippen molar-refractivity contribution in [3.05, 3.63) is 23.5 Å². The molecule has 1 aromatic heterocycles. The number of amides is 1. The second-order valence-corrected chi connectivity index (χ2v) is 7.91. The summed E-state index contributed by atoms with van der Waals surface area (Å²) in [6.45, 7) is 0.291. The summed E-state index contributed by atoms with van der Waals surface area (Å²) in [7, 11) is 0. The standard InChI is InChI=1S/C20H21F6N3O2/c21-19(22,23)13-5-3-12(4-6-13)18(30)29-7-1-2-15(29)11-31-17-8-14(20(24,25)26)10-28-16(17)9-27/h8,10,12-13,15H,1-7,11H2/t12-,13-,15-/m1/s1. The number of nitriles is 1. The first-order chi connectivity index (χ1) is 14.5. The minimum atomic E-state index is -4.65. The van der Waals surface area contributed by atoms with Crippen molar-refractivity contribution < 1.29 is 35.9 Å². The molecular weight excluding hydrogens is 428 g/mol. The maximum Gasteiger partial charge on any atom is 0.418 e. The van der Waals surface area contributed by atoms with Gasteiger partial charge in [0.2, 0.25) is 5.91 Å². The summed E-state index contributed by atoms with van der Waals surface area (Å²) in [4.78, 5) is 17.9. The van der Waals surface area contributed by atoms with E-state index in [1.54, 1.807) is 11.0 Å². The van der Waals surface area contributed by atoms with Crippen LogP contribution in [0.5, 0.6) is 5.75 Å². The number of aromatic nitrogens is 1. The third-order valence-corrected chi connectivity index (χ3v) is 5.92. The predicted molar refractivity (Wildman–Crippen MR) is 95.7 cm³/mol. The van der Waals surface area contributed by atoms with Crippen LogP contribution in [0.2, 0.25) is 0 Å². The van der Waals surface area contributed by atoms with E-state index in [-0.39, 0.29) is 49.6 Å². The summed E-state index contributed by atoms with van der Waals surface area (Å²) in [6, 6.07) is 1.95. The van der Waals surface area contributed by atoms with Crippen LogP contribution in [0.15, 0.2) is 12.3 Å². The number of carbonyl (C=O) groups excluding carboxylic acids is 1. The number of nitrogens with zero attached hydrogens (tertiary/aromatic N) is 3. The van der Waals surface area contributed by atoms with Gasteiger partial charge in [-0.3, -0.25) is 4.79 Å². The minimum absolute atomic E-state index is 0.0870. The quantitative estimate of drug-likeness (QED) is 0.625. The summed E-state index contributed by atoms with van der Waals surface area (Å²) in [5.41, 5.74) is -1.35. The van der Waals surface area contributed by atoms with E-state index in [2.05, 4.69) is 4.98 Å². The topological polar surface area (TPSA) is 66.2 Å². The summed E-state index contributed by atoms with van der Waals surface area (Å²) in [5, 5.41) is 9.07. The molecule has 1 aromatic rings. The van der Waals surface area contributed by atoms with Crippen molar-refractivity contribution >= 4 is 5.91 Å². The third-order valence-electron chi connectivity index (χ3n) is 5.92. The van der Waals surface area contributed by atoms with Crippen molar-refractivity contribution in [3.63, 3.8) is 0 Å². The first-order valence-corrected chi connectivity index (χ1v) is 9.98. The average Bonchev–Trinajstić information content (AvgIpc) is 3.18. The molecule has 0 aromatic carbocycles. The number of pyridine rings is 1. The molecule has 0 bridgehead atoms. The van der Waals surface area contributed by atoms with E-state index < -0.39 is 35.8 Å². The number of carbonyl (C=O) groups is 1. The maximum absolute atomic E-state index is 12.9. The molecule has 0 N–H and O–H groups in total. The molecule has 3 rings (SSSR count). The Morgan fingerprint density at radius 3 is 2.42 bits per heavy atom. The van der Waals surface area contributed by atoms with Crippen molar-refractivity contribution in [1.29, 1.82) is 5.26 Å². The van der Waals surface area contributed by atoms with Gasteiger partial charge in [-0.25, -0.2) is 4.98 Å². The largest absolute Gasteiger partial charge is 0.488 e. The second-order valence-electron chi connectivity index (χ2n) is 7.91. The molecule has 11 heteroatoms. The Morgan fingerprint density at radius 2 is 1.84 bits per heavy atom. The van der Waals surface area contributed by atoms with E-state index >= 15 is 0 Å². The Morgan fingerprint density at radius 1 is 1.16 bits per heavy atom. The highest BCUT2D eigenvalue weighted by Gasteiger charge is 2.44. The first kappa shape index (κ1) is 23.2. The lowest BCUT2D eigenvalue weighted by atomic mass is 9.81. The summed E-state index contributed by atoms with van der Waals surface area (Å²) in [6.07, 6.45) is -7.01. The van der Waals surface area contributed by atoms with Crippen LogP contribution in [0, 0.1) is 23.2 Å². The highest BCUT2D eigenvalue weighted by atomic mass is 19.4. The fourth-order valence-electron chi connectivity index (χ4n) is 4.18. The van der Waals surface area contributed by atoms with E-state index in [1.807, 2.05) is 0 Å². The summed E-state index contributed by atoms with van der Waals surface area (Å²) < 4.78 is 82.7. The Labute approximate surface area is 175 Å². The van der Waals surface area contributed by atoms with Gasteiger partial charge in [-0.05, 0) is 44.6 Å². The van der Waals surface area contributed by atoms with Gasteiger partial charge in [0, 0.05) is 18.7 Å². The van der Waals surface area contributed by atoms with Gasteiger partial charge in [0.15, 0.2) is 11.4 Å². The van der Waals surface area contributed by atoms with Gasteiger partial charge >= 0.3 is 12.4 Å². The molecule has 31 heavy (non-hydrogen) atoms. The van der Waals surface area contributed by atoms with E-state index in [0.717, 1.165) is 0 Å². The molecule has 2 heterocycles. The zero-order valence-corrected chi connectivity index (χ0v) is 16.5. The molecule has 170 valence electrons. The van der Waals surface area contributed by atoms with Crippen LogP contribution in [0.25, 0.3) is 0 Å². The number of ether oxygens (including phenoxy) is 1. The van der Waals surface area contributed by atoms with Crippen LogP contribution >= 0.6 is 0 Å². The second kappa shape index (κ2) is 8.93. The van der Waals surface area contributed by atoms with Crippen LogP contribution in [0.1, 0.15) is 49.8 Å². The molecular formula is C20H21F6N3O2. The monoisotopic (exact) mass is 449 g/mol. The third kappa shape index (κ3) is 5.40. The fraction of sp³-hybridized carbons (Fsp3) is 0.650. The van der Waals surface area contributed by atoms with Crippen LogP contribution in [0.4, 0.5) is 26.3 Å². The Kier molecular flexibility index (Phi) is 6.67. The van der Waals surface area contributed by atoms with E-state index in [9.17, 15) is 31.1 Å². The Hall–Kier alpha value is -2.51. The molecule has 2 fully saturated rings. The fourth-order valence-corrected chi connectivity index (χ4v) is 4.18. The lowest BCUT2D eigenvalue weighted by Gasteiger charge is -2.33. The lowest BCUT2D eigenvalue weighted by Crippen LogP contribution is -2.44. The molecule has 1 aliphatic heterocycles. The van der Waals surface area contributed by atoms with Gasteiger partial charge in [-0.15, -0.1) is 0 Å². The normalized spacial score (nSPS) is 24.7. The Bertz CT molecular complexity index is 841. The van der Waals surface area contributed by atoms with Gasteiger partial charge in [0.1, 0.15) is 12.7 Å². The van der Waals surface area contributed by atoms with Crippen LogP contribution in [-0.2, 0) is 11.0 Å². The minimum Gasteiger partial charge on any atom is -0.488 e. The molecule has 0 radical (unpaired) electrons. The van der Waals surface area contributed by atoms with Crippen LogP contribution in [0.3, 0.4) is 0 Å². The Balaban J connectivity index is 1.63. The predicted octanol–water partition coefficient (Wildman–Crippen LogP) is 4.71. The van der Waals surface area contributed by atoms with Crippen molar-refractivity contribution in [3.8, 4) is 11.8 Å². The molecule has 5 nitrogen and oxygen atoms in total. The van der Waals surface area contributed by atoms with Crippen molar-refractivity contribution in [1.82, 2.24) is 9.88 Å². The van der Waals surface area contributed by atoms with Crippen molar-refractivity contribution in [2.45, 2.75) is 56.9 Å². The van der Waals surface area contributed by atoms with Crippen molar-refractivity contribution in [2.24, 2.45) is 11.8 Å². The highest BCUT2D eigenvalue weighted by molar-refractivity contribution is 5.79. The van der Waals surface area contributed by atoms with Gasteiger partial charge in [0.05, 0.1) is 17.5 Å². The zero-order chi connectivity index (χ0) is 22.8. The van der Waals surface area contributed by atoms with Crippen molar-refractivity contribution in [2.75, 3.05) is 13.2 Å². The average molecular weight is 449 g/mol. The van der Waals surface area contributed by atoms with E-state index in [0.29, 0.717) is 31.6 Å². The van der Waals surface area contributed by atoms with Crippen LogP contribution < -0.4 is 4.74 Å². The smallest absolute Gasteiger partial charge is 0.418 e. The van der Waals surface area contributed by atoms with Crippen LogP contribution in [-0.4, -0.2) is 41.2 Å². The molecule has 2 aliphatic rings. The molecule has 0 spiro atoms. The van der Waals surface area contributed by atoms with Gasteiger partial charge < -0.3 is 9.64 Å². The molecule has 0 unspecified atom stereocenters. The number of hydrogen-bond acceptors (Lipinski definition) is 4. The molecule has 1 saturated carbocycles. The van der Waals surface area contributed by atoms with E-state index in [1.165, 1.54) is 0 Å². The molecule has 1 aliphatic carbocycles. The SMILES string of the molecule is N#Cc1ncc(C(F)(F)F)cc1OC[C@H]1CCCN1C(=O)[C@H]1CC[C@H](C(F)(F)F)CC1. The number of hydrogen-bond donors (Lipinski definition) is 0. The number of halogens is 6. The number of alkyl halides is 6. The number of rotatable bonds is 4.